The van der Waals surface area contributed by atoms with Crippen LogP contribution in [0.15, 0.2) is 6.20 Å². The molecule has 0 aliphatic heterocycles. The van der Waals surface area contributed by atoms with Crippen LogP contribution in [0.4, 0.5) is 0 Å². The summed E-state index contributed by atoms with van der Waals surface area (Å²) >= 11 is 0. The fourth-order valence-electron chi connectivity index (χ4n) is 1.45. The molecular formula is C10H18N3O2+. The van der Waals surface area contributed by atoms with Gasteiger partial charge in [-0.1, -0.05) is 6.92 Å². The van der Waals surface area contributed by atoms with Crippen LogP contribution in [0.1, 0.15) is 18.4 Å². The smallest absolute Gasteiger partial charge is 0.362 e. The molecule has 1 atom stereocenters. The van der Waals surface area contributed by atoms with E-state index >= 15 is 0 Å². The highest BCUT2D eigenvalue weighted by molar-refractivity contribution is 5.72. The molecule has 3 N–H and O–H groups in total. The number of aromatic nitrogens is 2. The Kier molecular flexibility index (Phi) is 3.85. The maximum Gasteiger partial charge on any atom is 0.362 e. The SMILES string of the molecule is CCc1ncc(C[C@@H](C(=O)O)[NH+](C)C)[nH]1. The molecule has 0 amide bonds. The fourth-order valence-corrected chi connectivity index (χ4v) is 1.45. The molecule has 0 aliphatic carbocycles. The van der Waals surface area contributed by atoms with Crippen LogP contribution in [-0.2, 0) is 17.6 Å². The summed E-state index contributed by atoms with van der Waals surface area (Å²) in [6.45, 7) is 2.01. The average molecular weight is 212 g/mol. The molecular weight excluding hydrogens is 194 g/mol. The Morgan fingerprint density at radius 2 is 2.33 bits per heavy atom. The number of aromatic amines is 1. The second-order valence-corrected chi connectivity index (χ2v) is 3.88. The van der Waals surface area contributed by atoms with E-state index in [0.717, 1.165) is 22.8 Å². The molecule has 15 heavy (non-hydrogen) atoms. The Bertz CT molecular complexity index is 333. The van der Waals surface area contributed by atoms with Gasteiger partial charge in [0.1, 0.15) is 5.82 Å². The summed E-state index contributed by atoms with van der Waals surface area (Å²) < 4.78 is 0. The van der Waals surface area contributed by atoms with Crippen LogP contribution in [0.2, 0.25) is 0 Å². The number of carbonyl (C=O) groups is 1. The van der Waals surface area contributed by atoms with Crippen LogP contribution in [0, 0.1) is 0 Å². The predicted molar refractivity (Wildman–Crippen MR) is 55.9 cm³/mol. The van der Waals surface area contributed by atoms with Crippen molar-refractivity contribution in [3.8, 4) is 0 Å². The van der Waals surface area contributed by atoms with Crippen molar-refractivity contribution in [2.45, 2.75) is 25.8 Å². The van der Waals surface area contributed by atoms with Gasteiger partial charge in [-0.25, -0.2) is 9.78 Å². The number of quaternary nitrogens is 1. The number of likely N-dealkylation sites (N-methyl/N-ethyl adjacent to an activating group) is 1. The van der Waals surface area contributed by atoms with E-state index in [1.165, 1.54) is 0 Å². The maximum absolute atomic E-state index is 11.0. The summed E-state index contributed by atoms with van der Waals surface area (Å²) in [6, 6.07) is -0.421. The number of rotatable bonds is 5. The molecule has 0 radical (unpaired) electrons. The van der Waals surface area contributed by atoms with Gasteiger partial charge in [0.25, 0.3) is 0 Å². The van der Waals surface area contributed by atoms with Crippen LogP contribution in [0.5, 0.6) is 0 Å². The van der Waals surface area contributed by atoms with E-state index < -0.39 is 12.0 Å². The largest absolute Gasteiger partial charge is 0.477 e. The third-order valence-corrected chi connectivity index (χ3v) is 2.44. The number of carboxylic acids is 1. The van der Waals surface area contributed by atoms with Crippen LogP contribution < -0.4 is 4.90 Å². The lowest BCUT2D eigenvalue weighted by molar-refractivity contribution is -0.876. The first-order chi connectivity index (χ1) is 7.04. The molecule has 1 heterocycles. The first-order valence-electron chi connectivity index (χ1n) is 5.10. The highest BCUT2D eigenvalue weighted by Gasteiger charge is 2.24. The lowest BCUT2D eigenvalue weighted by Gasteiger charge is -2.15. The van der Waals surface area contributed by atoms with Gasteiger partial charge >= 0.3 is 5.97 Å². The van der Waals surface area contributed by atoms with Crippen LogP contribution in [0.25, 0.3) is 0 Å². The van der Waals surface area contributed by atoms with E-state index in [2.05, 4.69) is 9.97 Å². The Morgan fingerprint density at radius 3 is 2.73 bits per heavy atom. The minimum atomic E-state index is -0.775. The summed E-state index contributed by atoms with van der Waals surface area (Å²) in [5, 5.41) is 9.01. The summed E-state index contributed by atoms with van der Waals surface area (Å²) in [5.41, 5.74) is 0.889. The zero-order valence-electron chi connectivity index (χ0n) is 9.37. The number of nitrogens with zero attached hydrogens (tertiary/aromatic N) is 1. The second kappa shape index (κ2) is 4.93. The van der Waals surface area contributed by atoms with Crippen molar-refractivity contribution >= 4 is 5.97 Å². The Morgan fingerprint density at radius 1 is 1.67 bits per heavy atom. The van der Waals surface area contributed by atoms with Gasteiger partial charge < -0.3 is 15.0 Å². The van der Waals surface area contributed by atoms with Gasteiger partial charge in [-0.05, 0) is 0 Å². The Labute approximate surface area is 89.1 Å². The minimum Gasteiger partial charge on any atom is -0.477 e. The third-order valence-electron chi connectivity index (χ3n) is 2.44. The number of aliphatic carboxylic acids is 1. The number of carboxylic acid groups (broad SMARTS) is 1. The molecule has 0 unspecified atom stereocenters. The topological polar surface area (TPSA) is 70.4 Å². The monoisotopic (exact) mass is 212 g/mol. The molecule has 0 spiro atoms. The Hall–Kier alpha value is -1.36. The van der Waals surface area contributed by atoms with Crippen LogP contribution in [-0.4, -0.2) is 41.2 Å². The molecule has 0 bridgehead atoms. The maximum atomic E-state index is 11.0. The molecule has 1 aromatic heterocycles. The molecule has 0 saturated heterocycles. The molecule has 0 saturated carbocycles. The van der Waals surface area contributed by atoms with Crippen molar-refractivity contribution in [3.63, 3.8) is 0 Å². The summed E-state index contributed by atoms with van der Waals surface area (Å²) in [7, 11) is 3.69. The van der Waals surface area contributed by atoms with Crippen LogP contribution in [0.3, 0.4) is 0 Å². The first kappa shape index (κ1) is 11.7. The van der Waals surface area contributed by atoms with Crippen molar-refractivity contribution in [1.82, 2.24) is 9.97 Å². The highest BCUT2D eigenvalue weighted by atomic mass is 16.4. The molecule has 5 heteroatoms. The van der Waals surface area contributed by atoms with Gasteiger partial charge in [-0.3, -0.25) is 0 Å². The molecule has 0 fully saturated rings. The van der Waals surface area contributed by atoms with E-state index in [1.54, 1.807) is 6.20 Å². The van der Waals surface area contributed by atoms with E-state index in [4.69, 9.17) is 5.11 Å². The number of hydrogen-bond acceptors (Lipinski definition) is 2. The van der Waals surface area contributed by atoms with Gasteiger partial charge in [0.2, 0.25) is 0 Å². The van der Waals surface area contributed by atoms with Gasteiger partial charge in [-0.2, -0.15) is 0 Å². The van der Waals surface area contributed by atoms with Crippen molar-refractivity contribution in [2.75, 3.05) is 14.1 Å². The lowest BCUT2D eigenvalue weighted by atomic mass is 10.1. The highest BCUT2D eigenvalue weighted by Crippen LogP contribution is 2.00. The van der Waals surface area contributed by atoms with Gasteiger partial charge in [0.05, 0.1) is 20.5 Å². The normalized spacial score (nSPS) is 13.1. The van der Waals surface area contributed by atoms with Gasteiger partial charge in [0, 0.05) is 18.3 Å². The van der Waals surface area contributed by atoms with Gasteiger partial charge in [0.15, 0.2) is 6.04 Å². The summed E-state index contributed by atoms with van der Waals surface area (Å²) in [5.74, 6) is 0.130. The number of imidazole rings is 1. The molecule has 84 valence electrons. The molecule has 0 aliphatic rings. The van der Waals surface area contributed by atoms with E-state index in [-0.39, 0.29) is 0 Å². The van der Waals surface area contributed by atoms with Crippen molar-refractivity contribution in [1.29, 1.82) is 0 Å². The number of H-pyrrole nitrogens is 1. The zero-order valence-corrected chi connectivity index (χ0v) is 9.37. The number of nitrogens with one attached hydrogen (secondary N) is 2. The summed E-state index contributed by atoms with van der Waals surface area (Å²) in [4.78, 5) is 19.1. The Balaban J connectivity index is 2.69. The van der Waals surface area contributed by atoms with Crippen LogP contribution >= 0.6 is 0 Å². The molecule has 1 aromatic rings. The van der Waals surface area contributed by atoms with Crippen molar-refractivity contribution < 1.29 is 14.8 Å². The standard InChI is InChI=1S/C10H17N3O2/c1-4-9-11-6-7(12-9)5-8(10(14)15)13(2)3/h6,8H,4-5H2,1-3H3,(H,11,12)(H,14,15)/p+1/t8-/m0/s1. The number of hydrogen-bond donors (Lipinski definition) is 3. The summed E-state index contributed by atoms with van der Waals surface area (Å²) in [6.07, 6.45) is 3.05. The fraction of sp³-hybridized carbons (Fsp3) is 0.600. The quantitative estimate of drug-likeness (QED) is 0.593. The molecule has 0 aromatic carbocycles. The van der Waals surface area contributed by atoms with Crippen molar-refractivity contribution in [3.05, 3.63) is 17.7 Å². The van der Waals surface area contributed by atoms with E-state index in [1.807, 2.05) is 21.0 Å². The van der Waals surface area contributed by atoms with E-state index in [9.17, 15) is 4.79 Å². The average Bonchev–Trinajstić information content (AvgIpc) is 2.60. The molecule has 5 nitrogen and oxygen atoms in total. The van der Waals surface area contributed by atoms with E-state index in [0.29, 0.717) is 6.42 Å². The number of aryl methyl sites for hydroxylation is 1. The third kappa shape index (κ3) is 3.06. The molecule has 1 rings (SSSR count). The minimum absolute atomic E-state index is 0.421. The first-order valence-corrected chi connectivity index (χ1v) is 5.10. The lowest BCUT2D eigenvalue weighted by Crippen LogP contribution is -3.11. The van der Waals surface area contributed by atoms with Crippen molar-refractivity contribution in [2.24, 2.45) is 0 Å². The zero-order chi connectivity index (χ0) is 11.4. The predicted octanol–water partition coefficient (Wildman–Crippen LogP) is -0.888. The second-order valence-electron chi connectivity index (χ2n) is 3.88. The van der Waals surface area contributed by atoms with Gasteiger partial charge in [-0.15, -0.1) is 0 Å².